The number of esters is 1. The summed E-state index contributed by atoms with van der Waals surface area (Å²) in [5.41, 5.74) is 6.30. The number of hydrogen-bond donors (Lipinski definition) is 4. The van der Waals surface area contributed by atoms with E-state index in [2.05, 4.69) is 10.1 Å². The first-order valence-corrected chi connectivity index (χ1v) is 9.89. The van der Waals surface area contributed by atoms with Gasteiger partial charge in [-0.05, 0) is 29.2 Å². The van der Waals surface area contributed by atoms with Gasteiger partial charge in [-0.1, -0.05) is 42.5 Å². The lowest BCUT2D eigenvalue weighted by molar-refractivity contribution is -0.144. The molecule has 1 atom stereocenters. The lowest BCUT2D eigenvalue weighted by Gasteiger charge is -2.24. The standard InChI is InChI=1S/C23H26N2O7/c1-32-21(29)12-16-7-8-17(13-20(27)28)18(11-16)25-19(26)9-10-23(24,22(30)31)14-15-5-3-2-4-6-15/h2-8,11H,9-10,12-14,24H2,1H3,(H,25,26)(H,27,28)(H,30,31)/t23-/m1/s1. The Kier molecular flexibility index (Phi) is 8.48. The lowest BCUT2D eigenvalue weighted by Crippen LogP contribution is -2.50. The van der Waals surface area contributed by atoms with Crippen LogP contribution >= 0.6 is 0 Å². The first-order chi connectivity index (χ1) is 15.1. The predicted octanol–water partition coefficient (Wildman–Crippen LogP) is 1.77. The number of nitrogens with two attached hydrogens (primary N) is 1. The molecule has 0 aliphatic heterocycles. The van der Waals surface area contributed by atoms with Gasteiger partial charge in [-0.15, -0.1) is 0 Å². The number of ether oxygens (including phenoxy) is 1. The van der Waals surface area contributed by atoms with Gasteiger partial charge in [0.25, 0.3) is 0 Å². The minimum absolute atomic E-state index is 0.0469. The summed E-state index contributed by atoms with van der Waals surface area (Å²) >= 11 is 0. The first kappa shape index (κ1) is 24.5. The number of aliphatic carboxylic acids is 2. The van der Waals surface area contributed by atoms with Crippen molar-refractivity contribution in [3.63, 3.8) is 0 Å². The molecule has 32 heavy (non-hydrogen) atoms. The molecule has 2 aromatic rings. The van der Waals surface area contributed by atoms with E-state index in [0.717, 1.165) is 5.56 Å². The van der Waals surface area contributed by atoms with Crippen molar-refractivity contribution in [1.82, 2.24) is 0 Å². The molecular formula is C23H26N2O7. The van der Waals surface area contributed by atoms with Crippen LogP contribution in [0.3, 0.4) is 0 Å². The Balaban J connectivity index is 2.13. The van der Waals surface area contributed by atoms with Crippen LogP contribution in [0.2, 0.25) is 0 Å². The first-order valence-electron chi connectivity index (χ1n) is 9.89. The SMILES string of the molecule is COC(=O)Cc1ccc(CC(=O)O)c(NC(=O)CC[C@@](N)(Cc2ccccc2)C(=O)O)c1. The summed E-state index contributed by atoms with van der Waals surface area (Å²) in [7, 11) is 1.25. The van der Waals surface area contributed by atoms with E-state index in [0.29, 0.717) is 11.1 Å². The highest BCUT2D eigenvalue weighted by Gasteiger charge is 2.34. The van der Waals surface area contributed by atoms with Crippen LogP contribution < -0.4 is 11.1 Å². The molecule has 0 aromatic heterocycles. The summed E-state index contributed by atoms with van der Waals surface area (Å²) in [5, 5.41) is 21.4. The largest absolute Gasteiger partial charge is 0.481 e. The zero-order valence-corrected chi connectivity index (χ0v) is 17.7. The maximum atomic E-state index is 12.6. The average Bonchev–Trinajstić information content (AvgIpc) is 2.74. The second-order valence-corrected chi connectivity index (χ2v) is 7.49. The number of carboxylic acid groups (broad SMARTS) is 2. The van der Waals surface area contributed by atoms with Crippen molar-refractivity contribution in [3.05, 3.63) is 65.2 Å². The summed E-state index contributed by atoms with van der Waals surface area (Å²) in [6, 6.07) is 13.5. The van der Waals surface area contributed by atoms with E-state index < -0.39 is 29.4 Å². The van der Waals surface area contributed by atoms with Crippen LogP contribution in [0, 0.1) is 0 Å². The van der Waals surface area contributed by atoms with Crippen LogP contribution in [-0.4, -0.2) is 46.7 Å². The lowest BCUT2D eigenvalue weighted by atomic mass is 9.87. The Morgan fingerprint density at radius 3 is 2.28 bits per heavy atom. The number of methoxy groups -OCH3 is 1. The molecule has 0 spiro atoms. The van der Waals surface area contributed by atoms with Gasteiger partial charge in [0, 0.05) is 18.5 Å². The van der Waals surface area contributed by atoms with Crippen LogP contribution in [0.4, 0.5) is 5.69 Å². The van der Waals surface area contributed by atoms with E-state index in [-0.39, 0.29) is 37.8 Å². The van der Waals surface area contributed by atoms with E-state index in [9.17, 15) is 24.3 Å². The van der Waals surface area contributed by atoms with Crippen molar-refractivity contribution >= 4 is 29.5 Å². The number of rotatable bonds is 11. The Hall–Kier alpha value is -3.72. The number of anilines is 1. The zero-order chi connectivity index (χ0) is 23.7. The second kappa shape index (κ2) is 11.1. The molecule has 170 valence electrons. The number of hydrogen-bond acceptors (Lipinski definition) is 6. The van der Waals surface area contributed by atoms with Crippen LogP contribution in [0.25, 0.3) is 0 Å². The highest BCUT2D eigenvalue weighted by molar-refractivity contribution is 5.93. The smallest absolute Gasteiger partial charge is 0.324 e. The molecule has 0 bridgehead atoms. The summed E-state index contributed by atoms with van der Waals surface area (Å²) < 4.78 is 4.63. The third-order valence-corrected chi connectivity index (χ3v) is 4.95. The van der Waals surface area contributed by atoms with Crippen LogP contribution in [0.1, 0.15) is 29.5 Å². The maximum Gasteiger partial charge on any atom is 0.324 e. The van der Waals surface area contributed by atoms with Gasteiger partial charge in [-0.3, -0.25) is 19.2 Å². The quantitative estimate of drug-likeness (QED) is 0.384. The van der Waals surface area contributed by atoms with E-state index >= 15 is 0 Å². The number of benzene rings is 2. The van der Waals surface area contributed by atoms with Crippen molar-refractivity contribution in [3.8, 4) is 0 Å². The molecule has 2 rings (SSSR count). The topological polar surface area (TPSA) is 156 Å². The van der Waals surface area contributed by atoms with Crippen molar-refractivity contribution < 1.29 is 34.1 Å². The summed E-state index contributed by atoms with van der Waals surface area (Å²) in [6.07, 6.45) is -0.648. The van der Waals surface area contributed by atoms with Crippen molar-refractivity contribution in [1.29, 1.82) is 0 Å². The molecule has 5 N–H and O–H groups in total. The van der Waals surface area contributed by atoms with Gasteiger partial charge in [-0.2, -0.15) is 0 Å². The maximum absolute atomic E-state index is 12.6. The molecule has 0 saturated heterocycles. The molecule has 0 fully saturated rings. The monoisotopic (exact) mass is 442 g/mol. The molecular weight excluding hydrogens is 416 g/mol. The normalized spacial score (nSPS) is 12.4. The third kappa shape index (κ3) is 7.21. The van der Waals surface area contributed by atoms with E-state index in [1.165, 1.54) is 19.2 Å². The fourth-order valence-electron chi connectivity index (χ4n) is 3.19. The van der Waals surface area contributed by atoms with Gasteiger partial charge in [0.1, 0.15) is 5.54 Å². The molecule has 0 unspecified atom stereocenters. The third-order valence-electron chi connectivity index (χ3n) is 4.95. The number of carboxylic acids is 2. The molecule has 1 amide bonds. The molecule has 0 radical (unpaired) electrons. The predicted molar refractivity (Wildman–Crippen MR) is 116 cm³/mol. The minimum Gasteiger partial charge on any atom is -0.481 e. The van der Waals surface area contributed by atoms with Gasteiger partial charge in [0.05, 0.1) is 20.0 Å². The minimum atomic E-state index is -1.64. The summed E-state index contributed by atoms with van der Waals surface area (Å²) in [6.45, 7) is 0. The Labute approximate surface area is 185 Å². The van der Waals surface area contributed by atoms with Gasteiger partial charge >= 0.3 is 17.9 Å². The molecule has 0 saturated carbocycles. The van der Waals surface area contributed by atoms with E-state index in [1.807, 2.05) is 0 Å². The Morgan fingerprint density at radius 2 is 1.69 bits per heavy atom. The highest BCUT2D eigenvalue weighted by Crippen LogP contribution is 2.22. The van der Waals surface area contributed by atoms with E-state index in [1.54, 1.807) is 36.4 Å². The van der Waals surface area contributed by atoms with Gasteiger partial charge in [0.15, 0.2) is 0 Å². The van der Waals surface area contributed by atoms with Gasteiger partial charge < -0.3 is 26.0 Å². The molecule has 2 aromatic carbocycles. The van der Waals surface area contributed by atoms with Crippen LogP contribution in [0.15, 0.2) is 48.5 Å². The van der Waals surface area contributed by atoms with Crippen molar-refractivity contribution in [2.75, 3.05) is 12.4 Å². The Bertz CT molecular complexity index is 991. The number of nitrogens with one attached hydrogen (secondary N) is 1. The van der Waals surface area contributed by atoms with Gasteiger partial charge in [0.2, 0.25) is 5.91 Å². The molecule has 0 heterocycles. The molecule has 0 aliphatic carbocycles. The molecule has 9 heteroatoms. The van der Waals surface area contributed by atoms with Crippen molar-refractivity contribution in [2.45, 2.75) is 37.6 Å². The highest BCUT2D eigenvalue weighted by atomic mass is 16.5. The fraction of sp³-hybridized carbons (Fsp3) is 0.304. The number of carbonyl (C=O) groups is 4. The zero-order valence-electron chi connectivity index (χ0n) is 17.7. The molecule has 9 nitrogen and oxygen atoms in total. The second-order valence-electron chi connectivity index (χ2n) is 7.49. The molecule has 0 aliphatic rings. The summed E-state index contributed by atoms with van der Waals surface area (Å²) in [4.78, 5) is 47.0. The van der Waals surface area contributed by atoms with E-state index in [4.69, 9.17) is 10.8 Å². The van der Waals surface area contributed by atoms with Gasteiger partial charge in [-0.25, -0.2) is 0 Å². The Morgan fingerprint density at radius 1 is 1.00 bits per heavy atom. The van der Waals surface area contributed by atoms with Crippen LogP contribution in [0.5, 0.6) is 0 Å². The van der Waals surface area contributed by atoms with Crippen molar-refractivity contribution in [2.24, 2.45) is 5.73 Å². The van der Waals surface area contributed by atoms with Crippen LogP contribution in [-0.2, 0) is 43.2 Å². The number of amides is 1. The number of carbonyl (C=O) groups excluding carboxylic acids is 2. The average molecular weight is 442 g/mol. The fourth-order valence-corrected chi connectivity index (χ4v) is 3.19. The summed E-state index contributed by atoms with van der Waals surface area (Å²) in [5.74, 6) is -3.31.